The van der Waals surface area contributed by atoms with E-state index in [1.807, 2.05) is 0 Å². The van der Waals surface area contributed by atoms with Crippen molar-refractivity contribution in [3.8, 4) is 18.1 Å². The zero-order chi connectivity index (χ0) is 58.1. The summed E-state index contributed by atoms with van der Waals surface area (Å²) in [6.45, 7) is 0. The lowest BCUT2D eigenvalue weighted by Gasteiger charge is -2.21. The second-order valence-corrected chi connectivity index (χ2v) is 17.8. The molecule has 30 heteroatoms. The molecule has 2 bridgehead atoms. The van der Waals surface area contributed by atoms with Gasteiger partial charge in [0.2, 0.25) is 0 Å². The molecule has 8 rings (SSSR count). The van der Waals surface area contributed by atoms with Gasteiger partial charge in [0.25, 0.3) is 39.8 Å². The zero-order valence-corrected chi connectivity index (χ0v) is 41.3. The van der Waals surface area contributed by atoms with Gasteiger partial charge >= 0.3 is 0 Å². The van der Waals surface area contributed by atoms with Crippen LogP contribution in [0.15, 0.2) is 202 Å². The first kappa shape index (κ1) is 55.3. The fraction of sp³-hybridized carbons (Fsp3) is 0.137. The molecule has 1 N–H and O–H groups in total. The van der Waals surface area contributed by atoms with Crippen LogP contribution in [0.1, 0.15) is 30.4 Å². The Bertz CT molecular complexity index is 3830. The van der Waals surface area contributed by atoms with E-state index < -0.39 is 80.4 Å². The van der Waals surface area contributed by atoms with E-state index in [4.69, 9.17) is 6.42 Å². The third-order valence-corrected chi connectivity index (χ3v) is 12.3. The highest BCUT2D eigenvalue weighted by Gasteiger charge is 2.30. The van der Waals surface area contributed by atoms with E-state index in [1.54, 1.807) is 30.4 Å². The highest BCUT2D eigenvalue weighted by Crippen LogP contribution is 2.43. The number of hydrogen-bond donors (Lipinski definition) is 1. The lowest BCUT2D eigenvalue weighted by molar-refractivity contribution is -0.394. The molecule has 30 nitrogen and oxygen atoms in total. The lowest BCUT2D eigenvalue weighted by atomic mass is 9.83. The summed E-state index contributed by atoms with van der Waals surface area (Å²) in [5, 5.41) is 127. The van der Waals surface area contributed by atoms with E-state index in [0.717, 1.165) is 54.6 Å². The minimum absolute atomic E-state index is 0.0537. The number of hydrogen-bond acceptors (Lipinski definition) is 23. The highest BCUT2D eigenvalue weighted by atomic mass is 16.7. The van der Waals surface area contributed by atoms with E-state index >= 15 is 0 Å². The van der Waals surface area contributed by atoms with Crippen LogP contribution in [0.4, 0.5) is 68.2 Å². The van der Waals surface area contributed by atoms with Crippen LogP contribution in [0.2, 0.25) is 0 Å². The maximum Gasteiger partial charge on any atom is 0.278 e. The van der Waals surface area contributed by atoms with Crippen LogP contribution < -0.4 is 0 Å². The molecule has 0 amide bonds. The Kier molecular flexibility index (Phi) is 16.4. The van der Waals surface area contributed by atoms with Gasteiger partial charge in [-0.25, -0.2) is 0 Å². The second-order valence-electron chi connectivity index (χ2n) is 17.8. The van der Waals surface area contributed by atoms with Crippen molar-refractivity contribution in [2.45, 2.75) is 32.1 Å². The Labute approximate surface area is 452 Å². The number of aromatic hydroxyl groups is 1. The number of nitrogens with zero attached hydrogens (tertiary/aromatic N) is 15. The van der Waals surface area contributed by atoms with E-state index in [0.29, 0.717) is 16.7 Å². The van der Waals surface area contributed by atoms with Crippen LogP contribution in [0.25, 0.3) is 0 Å². The van der Waals surface area contributed by atoms with E-state index in [1.165, 1.54) is 42.5 Å². The van der Waals surface area contributed by atoms with Crippen molar-refractivity contribution in [3.63, 3.8) is 0 Å². The quantitative estimate of drug-likeness (QED) is 0.0440. The number of azo groups is 4. The summed E-state index contributed by atoms with van der Waals surface area (Å²) in [7, 11) is 0. The third kappa shape index (κ3) is 13.9. The number of non-ortho nitro benzene ring substituents is 7. The molecule has 0 fully saturated rings. The number of nitro groups is 7. The van der Waals surface area contributed by atoms with Crippen molar-refractivity contribution in [2.75, 3.05) is 0 Å². The van der Waals surface area contributed by atoms with Gasteiger partial charge in [0, 0.05) is 77.9 Å². The van der Waals surface area contributed by atoms with Crippen molar-refractivity contribution in [3.05, 3.63) is 243 Å². The van der Waals surface area contributed by atoms with Crippen LogP contribution in [0.3, 0.4) is 0 Å². The molecule has 0 aliphatic heterocycles. The fourth-order valence-electron chi connectivity index (χ4n) is 8.58. The van der Waals surface area contributed by atoms with Crippen LogP contribution >= 0.6 is 0 Å². The molecule has 0 saturated heterocycles. The monoisotopic (exact) mass is 1100 g/mol. The number of benzene rings is 5. The summed E-state index contributed by atoms with van der Waals surface area (Å²) in [5.74, 6) is 1.23. The number of terminal acetylenes is 1. The SMILES string of the molecule is C#C\C1=C/C(/N=N/c2cccc([N+](=O)[O-])c2)=C\CCc2cc(/N=N/c3cc([N+](=O)[O-])cc([N+](=O)[O-])c3)cc(c2O)CC2=CC(/N=N/c3cc([N+](=O)[O-])cc([N+](=O)[O-])c3)=CC2CC2C=C(/N=N/c3cc([N+](=O)[O-])cc([N+](=O)[O-])c3)C=C2C1. The first-order valence-electron chi connectivity index (χ1n) is 23.5. The molecule has 5 aromatic carbocycles. The summed E-state index contributed by atoms with van der Waals surface area (Å²) in [6.07, 6.45) is 16.3. The summed E-state index contributed by atoms with van der Waals surface area (Å²) < 4.78 is 0. The number of rotatable bonds is 15. The molecule has 3 aliphatic rings. The predicted octanol–water partition coefficient (Wildman–Crippen LogP) is 14.1. The normalized spacial score (nSPS) is 17.7. The van der Waals surface area contributed by atoms with Gasteiger partial charge in [0.15, 0.2) is 0 Å². The van der Waals surface area contributed by atoms with Gasteiger partial charge in [-0.15, -0.1) is 6.42 Å². The molecule has 0 saturated carbocycles. The van der Waals surface area contributed by atoms with Crippen molar-refractivity contribution in [1.29, 1.82) is 0 Å². The molecule has 0 spiro atoms. The van der Waals surface area contributed by atoms with Crippen molar-refractivity contribution >= 4 is 68.2 Å². The van der Waals surface area contributed by atoms with Gasteiger partial charge in [0.05, 0.1) is 98.2 Å². The number of fused-ring (bicyclic) bond motifs is 4. The summed E-state index contributed by atoms with van der Waals surface area (Å²) in [4.78, 5) is 76.0. The van der Waals surface area contributed by atoms with Crippen LogP contribution in [-0.4, -0.2) is 39.6 Å². The Morgan fingerprint density at radius 1 is 0.444 bits per heavy atom. The van der Waals surface area contributed by atoms with Crippen LogP contribution in [-0.2, 0) is 12.8 Å². The van der Waals surface area contributed by atoms with Crippen molar-refractivity contribution in [1.82, 2.24) is 0 Å². The average molecular weight is 1100 g/mol. The van der Waals surface area contributed by atoms with Gasteiger partial charge in [-0.2, -0.15) is 40.9 Å². The first-order valence-corrected chi connectivity index (χ1v) is 23.5. The smallest absolute Gasteiger partial charge is 0.278 e. The van der Waals surface area contributed by atoms with E-state index in [9.17, 15) is 75.9 Å². The second kappa shape index (κ2) is 24.0. The number of phenols is 1. The highest BCUT2D eigenvalue weighted by molar-refractivity contribution is 5.60. The molecule has 0 aromatic heterocycles. The van der Waals surface area contributed by atoms with Gasteiger partial charge in [-0.1, -0.05) is 29.2 Å². The number of phenolic OH excluding ortho intramolecular Hbond substituents is 1. The van der Waals surface area contributed by atoms with E-state index in [2.05, 4.69) is 46.8 Å². The maximum absolute atomic E-state index is 12.1. The minimum atomic E-state index is -0.836. The van der Waals surface area contributed by atoms with Gasteiger partial charge < -0.3 is 5.11 Å². The largest absolute Gasteiger partial charge is 0.507 e. The molecule has 5 aromatic rings. The Balaban J connectivity index is 1.27. The number of aryl methyl sites for hydroxylation is 1. The molecule has 3 aliphatic carbocycles. The number of allylic oxidation sites excluding steroid dienone is 9. The molecule has 404 valence electrons. The Morgan fingerprint density at radius 3 is 1.27 bits per heavy atom. The molecular weight excluding hydrogens is 1060 g/mol. The van der Waals surface area contributed by atoms with Gasteiger partial charge in [-0.3, -0.25) is 70.8 Å². The standard InChI is InChI=1S/C51H35N15O15/c1-2-29-9-31-14-39(55-58-42-22-47(63(74)75)27-48(23-42)64(76)77)15-32(31)11-33-16-40(56-59-43-24-49(65(78)79)28-50(25-43)66(80)81)17-34(33)12-35-18-38(54-57-41-20-45(61(70)71)26-46(21-41)62(72)73)13-30(51(35)67)5-3-6-36(10-29)52-53-37-7-4-8-44(19-37)60(68)69/h1,4,6-8,10,13-28,32-33,67H,3,5,9,11-12H2/b29-10+,36-6+,53-52+,57-54+,58-55+,59-56+. The maximum atomic E-state index is 12.1. The predicted molar refractivity (Wildman–Crippen MR) is 284 cm³/mol. The lowest BCUT2D eigenvalue weighted by Crippen LogP contribution is -2.10. The zero-order valence-electron chi connectivity index (χ0n) is 41.3. The average Bonchev–Trinajstić information content (AvgIpc) is 4.08. The van der Waals surface area contributed by atoms with Gasteiger partial charge in [-0.05, 0) is 79.8 Å². The van der Waals surface area contributed by atoms with Crippen molar-refractivity contribution in [2.24, 2.45) is 52.7 Å². The number of nitro benzene ring substituents is 7. The fourth-order valence-corrected chi connectivity index (χ4v) is 8.58. The molecule has 0 radical (unpaired) electrons. The van der Waals surface area contributed by atoms with Gasteiger partial charge in [0.1, 0.15) is 5.75 Å². The Hall–Kier alpha value is -11.9. The molecule has 2 unspecified atom stereocenters. The first-order chi connectivity index (χ1) is 38.7. The summed E-state index contributed by atoms with van der Waals surface area (Å²) in [5.41, 5.74) is -1.86. The Morgan fingerprint density at radius 2 is 0.827 bits per heavy atom. The minimum Gasteiger partial charge on any atom is -0.507 e. The van der Waals surface area contributed by atoms with Crippen LogP contribution in [0, 0.1) is 95.0 Å². The third-order valence-electron chi connectivity index (χ3n) is 12.3. The molecule has 2 atom stereocenters. The molecule has 0 heterocycles. The van der Waals surface area contributed by atoms with Crippen LogP contribution in [0.5, 0.6) is 5.75 Å². The summed E-state index contributed by atoms with van der Waals surface area (Å²) in [6, 6.07) is 16.5. The van der Waals surface area contributed by atoms with Crippen molar-refractivity contribution < 1.29 is 39.6 Å². The summed E-state index contributed by atoms with van der Waals surface area (Å²) >= 11 is 0. The topological polar surface area (TPSA) is 421 Å². The molecular formula is C51H35N15O15. The van der Waals surface area contributed by atoms with E-state index in [-0.39, 0.29) is 100 Å². The molecule has 81 heavy (non-hydrogen) atoms.